The fraction of sp³-hybridized carbons (Fsp3) is 0.250. The Morgan fingerprint density at radius 3 is 2.24 bits per heavy atom. The molecule has 21 heavy (non-hydrogen) atoms. The average molecular weight is 368 g/mol. The summed E-state index contributed by atoms with van der Waals surface area (Å²) in [5, 5.41) is 0. The molecule has 0 saturated carbocycles. The first-order valence-electron chi connectivity index (χ1n) is 6.65. The lowest BCUT2D eigenvalue weighted by molar-refractivity contribution is 0.595. The van der Waals surface area contributed by atoms with Crippen LogP contribution in [0, 0.1) is 0 Å². The van der Waals surface area contributed by atoms with Gasteiger partial charge in [0.15, 0.2) is 9.84 Å². The van der Waals surface area contributed by atoms with Gasteiger partial charge in [0.25, 0.3) is 0 Å². The Hall–Kier alpha value is -1.33. The molecule has 0 amide bonds. The third-order valence-corrected chi connectivity index (χ3v) is 5.40. The van der Waals surface area contributed by atoms with Crippen molar-refractivity contribution in [1.82, 2.24) is 0 Å². The molecule has 0 bridgehead atoms. The third-order valence-electron chi connectivity index (χ3n) is 3.24. The number of sulfone groups is 1. The van der Waals surface area contributed by atoms with Gasteiger partial charge in [0, 0.05) is 10.2 Å². The Balaban J connectivity index is 2.29. The quantitative estimate of drug-likeness (QED) is 0.826. The van der Waals surface area contributed by atoms with E-state index in [9.17, 15) is 8.42 Å². The van der Waals surface area contributed by atoms with Crippen molar-refractivity contribution in [3.05, 3.63) is 58.1 Å². The van der Waals surface area contributed by atoms with Crippen LogP contribution in [0.3, 0.4) is 0 Å². The molecule has 112 valence electrons. The summed E-state index contributed by atoms with van der Waals surface area (Å²) >= 11 is 3.33. The van der Waals surface area contributed by atoms with Gasteiger partial charge in [0.2, 0.25) is 0 Å². The monoisotopic (exact) mass is 367 g/mol. The van der Waals surface area contributed by atoms with E-state index in [1.807, 2.05) is 12.1 Å². The molecule has 5 heteroatoms. The van der Waals surface area contributed by atoms with E-state index in [2.05, 4.69) is 29.8 Å². The molecule has 0 aromatic heterocycles. The topological polar surface area (TPSA) is 60.2 Å². The smallest absolute Gasteiger partial charge is 0.182 e. The van der Waals surface area contributed by atoms with Crippen LogP contribution >= 0.6 is 15.9 Å². The van der Waals surface area contributed by atoms with Crippen LogP contribution in [0.4, 0.5) is 5.69 Å². The molecule has 0 fully saturated rings. The minimum absolute atomic E-state index is 0.0579. The zero-order valence-electron chi connectivity index (χ0n) is 12.0. The van der Waals surface area contributed by atoms with Crippen molar-refractivity contribution in [3.63, 3.8) is 0 Å². The summed E-state index contributed by atoms with van der Waals surface area (Å²) in [6, 6.07) is 12.3. The molecule has 2 N–H and O–H groups in total. The van der Waals surface area contributed by atoms with Crippen molar-refractivity contribution in [2.75, 3.05) is 5.73 Å². The van der Waals surface area contributed by atoms with Crippen molar-refractivity contribution in [1.29, 1.82) is 0 Å². The van der Waals surface area contributed by atoms with Crippen molar-refractivity contribution in [2.45, 2.75) is 30.4 Å². The van der Waals surface area contributed by atoms with E-state index in [-0.39, 0.29) is 5.75 Å². The summed E-state index contributed by atoms with van der Waals surface area (Å²) < 4.78 is 25.7. The highest BCUT2D eigenvalue weighted by molar-refractivity contribution is 9.10. The predicted octanol–water partition coefficient (Wildman–Crippen LogP) is 4.13. The number of halogens is 1. The molecule has 0 unspecified atom stereocenters. The zero-order chi connectivity index (χ0) is 15.6. The van der Waals surface area contributed by atoms with Crippen LogP contribution in [-0.2, 0) is 15.6 Å². The van der Waals surface area contributed by atoms with Crippen LogP contribution in [0.5, 0.6) is 0 Å². The molecule has 2 rings (SSSR count). The van der Waals surface area contributed by atoms with Gasteiger partial charge in [-0.05, 0) is 47.4 Å². The first kappa shape index (κ1) is 16.0. The molecule has 0 aliphatic heterocycles. The van der Waals surface area contributed by atoms with E-state index >= 15 is 0 Å². The zero-order valence-corrected chi connectivity index (χ0v) is 14.4. The molecule has 0 radical (unpaired) electrons. The largest absolute Gasteiger partial charge is 0.399 e. The Labute approximate surface area is 134 Å². The minimum atomic E-state index is -3.37. The van der Waals surface area contributed by atoms with Crippen LogP contribution in [-0.4, -0.2) is 8.42 Å². The number of nitrogens with two attached hydrogens (primary N) is 1. The summed E-state index contributed by atoms with van der Waals surface area (Å²) in [7, 11) is -3.37. The molecular weight excluding hydrogens is 350 g/mol. The van der Waals surface area contributed by atoms with Gasteiger partial charge in [-0.3, -0.25) is 0 Å². The molecule has 2 aromatic rings. The van der Waals surface area contributed by atoms with E-state index < -0.39 is 9.84 Å². The highest BCUT2D eigenvalue weighted by atomic mass is 79.9. The lowest BCUT2D eigenvalue weighted by Crippen LogP contribution is -2.05. The van der Waals surface area contributed by atoms with Gasteiger partial charge in [0.1, 0.15) is 0 Å². The molecule has 0 aliphatic carbocycles. The molecule has 3 nitrogen and oxygen atoms in total. The number of benzene rings is 2. The standard InChI is InChI=1S/C16H18BrNO2S/c1-11(2)13-3-5-16(6-4-13)21(19,20)10-12-7-14(17)9-15(18)8-12/h3-9,11H,10,18H2,1-2H3. The normalized spacial score (nSPS) is 11.8. The number of hydrogen-bond donors (Lipinski definition) is 1. The number of nitrogen functional groups attached to an aromatic ring is 1. The van der Waals surface area contributed by atoms with E-state index in [1.165, 1.54) is 0 Å². The van der Waals surface area contributed by atoms with Gasteiger partial charge in [-0.2, -0.15) is 0 Å². The van der Waals surface area contributed by atoms with Gasteiger partial charge < -0.3 is 5.73 Å². The molecule has 2 aromatic carbocycles. The SMILES string of the molecule is CC(C)c1ccc(S(=O)(=O)Cc2cc(N)cc(Br)c2)cc1. The molecule has 0 saturated heterocycles. The summed E-state index contributed by atoms with van der Waals surface area (Å²) in [5.74, 6) is 0.323. The molecular formula is C16H18BrNO2S. The second-order valence-corrected chi connectivity index (χ2v) is 8.28. The highest BCUT2D eigenvalue weighted by Gasteiger charge is 2.16. The Morgan fingerprint density at radius 2 is 1.71 bits per heavy atom. The first-order chi connectivity index (χ1) is 9.78. The predicted molar refractivity (Wildman–Crippen MR) is 90.0 cm³/mol. The van der Waals surface area contributed by atoms with E-state index in [1.54, 1.807) is 30.3 Å². The van der Waals surface area contributed by atoms with Gasteiger partial charge >= 0.3 is 0 Å². The summed E-state index contributed by atoms with van der Waals surface area (Å²) in [6.45, 7) is 4.15. The second kappa shape index (κ2) is 6.20. The van der Waals surface area contributed by atoms with Crippen LogP contribution in [0.25, 0.3) is 0 Å². The lowest BCUT2D eigenvalue weighted by atomic mass is 10.0. The van der Waals surface area contributed by atoms with E-state index in [4.69, 9.17) is 5.73 Å². The van der Waals surface area contributed by atoms with Gasteiger partial charge in [-0.1, -0.05) is 41.9 Å². The lowest BCUT2D eigenvalue weighted by Gasteiger charge is -2.09. The maximum absolute atomic E-state index is 12.4. The maximum Gasteiger partial charge on any atom is 0.182 e. The molecule has 0 heterocycles. The number of anilines is 1. The van der Waals surface area contributed by atoms with Crippen LogP contribution in [0.15, 0.2) is 51.8 Å². The summed E-state index contributed by atoms with van der Waals surface area (Å²) in [4.78, 5) is 0.338. The number of rotatable bonds is 4. The molecule has 0 atom stereocenters. The summed E-state index contributed by atoms with van der Waals surface area (Å²) in [5.41, 5.74) is 8.09. The van der Waals surface area contributed by atoms with Gasteiger partial charge in [-0.15, -0.1) is 0 Å². The fourth-order valence-electron chi connectivity index (χ4n) is 2.12. The first-order valence-corrected chi connectivity index (χ1v) is 9.10. The number of hydrogen-bond acceptors (Lipinski definition) is 3. The van der Waals surface area contributed by atoms with Gasteiger partial charge in [0.05, 0.1) is 10.6 Å². The van der Waals surface area contributed by atoms with Crippen LogP contribution in [0.1, 0.15) is 30.9 Å². The second-order valence-electron chi connectivity index (χ2n) is 5.38. The van der Waals surface area contributed by atoms with Crippen LogP contribution < -0.4 is 5.73 Å². The van der Waals surface area contributed by atoms with Crippen LogP contribution in [0.2, 0.25) is 0 Å². The van der Waals surface area contributed by atoms with E-state index in [0.717, 1.165) is 10.0 Å². The van der Waals surface area contributed by atoms with Crippen molar-refractivity contribution < 1.29 is 8.42 Å². The Kier molecular flexibility index (Phi) is 4.74. The Morgan fingerprint density at radius 1 is 1.10 bits per heavy atom. The maximum atomic E-state index is 12.4. The van der Waals surface area contributed by atoms with E-state index in [0.29, 0.717) is 22.1 Å². The molecule has 0 aliphatic rings. The molecule has 0 spiro atoms. The fourth-order valence-corrected chi connectivity index (χ4v) is 4.00. The van der Waals surface area contributed by atoms with Crippen molar-refractivity contribution in [3.8, 4) is 0 Å². The third kappa shape index (κ3) is 4.08. The minimum Gasteiger partial charge on any atom is -0.399 e. The van der Waals surface area contributed by atoms with Crippen molar-refractivity contribution in [2.24, 2.45) is 0 Å². The summed E-state index contributed by atoms with van der Waals surface area (Å²) in [6.07, 6.45) is 0. The highest BCUT2D eigenvalue weighted by Crippen LogP contribution is 2.23. The average Bonchev–Trinajstić information content (AvgIpc) is 2.37. The Bertz CT molecular complexity index is 717. The van der Waals surface area contributed by atoms with Crippen molar-refractivity contribution >= 4 is 31.5 Å². The van der Waals surface area contributed by atoms with Gasteiger partial charge in [-0.25, -0.2) is 8.42 Å².